The van der Waals surface area contributed by atoms with E-state index in [0.717, 1.165) is 44.9 Å². The number of hydrogen-bond donors (Lipinski definition) is 0. The van der Waals surface area contributed by atoms with Crippen LogP contribution < -0.4 is 0 Å². The van der Waals surface area contributed by atoms with E-state index in [9.17, 15) is 9.59 Å². The monoisotopic (exact) mass is 488 g/mol. The van der Waals surface area contributed by atoms with Gasteiger partial charge in [-0.3, -0.25) is 9.59 Å². The Labute approximate surface area is 208 Å². The molecule has 3 saturated carbocycles. The van der Waals surface area contributed by atoms with Crippen LogP contribution >= 0.6 is 0 Å². The van der Waals surface area contributed by atoms with Crippen LogP contribution in [0.2, 0.25) is 18.1 Å². The van der Waals surface area contributed by atoms with Crippen molar-refractivity contribution in [2.45, 2.75) is 124 Å². The summed E-state index contributed by atoms with van der Waals surface area (Å²) in [5.74, 6) is 1.59. The lowest BCUT2D eigenvalue weighted by molar-refractivity contribution is -0.161. The maximum Gasteiger partial charge on any atom is 0.302 e. The van der Waals surface area contributed by atoms with Crippen molar-refractivity contribution in [3.8, 4) is 0 Å². The van der Waals surface area contributed by atoms with Crippen LogP contribution in [0.5, 0.6) is 0 Å². The first kappa shape index (κ1) is 26.1. The van der Waals surface area contributed by atoms with E-state index in [1.54, 1.807) is 19.4 Å². The summed E-state index contributed by atoms with van der Waals surface area (Å²) in [7, 11) is -1.86. The van der Waals surface area contributed by atoms with Gasteiger partial charge in [-0.1, -0.05) is 46.3 Å². The molecule has 0 saturated heterocycles. The van der Waals surface area contributed by atoms with Crippen LogP contribution in [-0.2, 0) is 18.8 Å². The molecule has 0 radical (unpaired) electrons. The van der Waals surface area contributed by atoms with Crippen LogP contribution in [0.15, 0.2) is 11.6 Å². The summed E-state index contributed by atoms with van der Waals surface area (Å²) >= 11 is 0. The molecule has 3 fully saturated rings. The molecule has 0 bridgehead atoms. The van der Waals surface area contributed by atoms with Crippen molar-refractivity contribution in [1.29, 1.82) is 0 Å². The normalized spacial score (nSPS) is 42.2. The number of ether oxygens (including phenoxy) is 1. The van der Waals surface area contributed by atoms with E-state index >= 15 is 0 Å². The molecule has 0 amide bonds. The molecule has 192 valence electrons. The van der Waals surface area contributed by atoms with Crippen LogP contribution in [0.3, 0.4) is 0 Å². The van der Waals surface area contributed by atoms with Gasteiger partial charge in [-0.05, 0) is 92.7 Å². The van der Waals surface area contributed by atoms with Crippen LogP contribution in [0, 0.1) is 34.5 Å². The molecule has 0 unspecified atom stereocenters. The lowest BCUT2D eigenvalue weighted by atomic mass is 9.48. The maximum absolute atomic E-state index is 12.5. The highest BCUT2D eigenvalue weighted by atomic mass is 28.4. The Bertz CT molecular complexity index is 870. The number of esters is 1. The van der Waals surface area contributed by atoms with Gasteiger partial charge in [0.05, 0.1) is 0 Å². The van der Waals surface area contributed by atoms with E-state index in [0.29, 0.717) is 23.5 Å². The summed E-state index contributed by atoms with van der Waals surface area (Å²) in [6.07, 6.45) is 9.90. The standard InChI is InChI=1S/C29H48O4Si/c1-18(30)22-10-11-23-21-17-26(32-19(2)31)25-16-20(33-34(8,9)27(3,4)5)12-14-29(25,7)24(21)13-15-28(22,23)6/h13,20-23,25-26H,10-12,14-17H2,1-9H3/t20-,21-,22+,23-,25+,26-,28+,29+/m0/s1. The minimum atomic E-state index is -1.86. The number of Topliss-reactive ketones (excluding diaryl/α,β-unsaturated/α-hetero) is 1. The summed E-state index contributed by atoms with van der Waals surface area (Å²) in [5.41, 5.74) is 1.71. The van der Waals surface area contributed by atoms with Gasteiger partial charge in [0.25, 0.3) is 0 Å². The minimum absolute atomic E-state index is 0.0476. The fourth-order valence-electron chi connectivity index (χ4n) is 8.22. The summed E-state index contributed by atoms with van der Waals surface area (Å²) in [6.45, 7) is 19.7. The second kappa shape index (κ2) is 8.57. The summed E-state index contributed by atoms with van der Waals surface area (Å²) in [6, 6.07) is 0. The van der Waals surface area contributed by atoms with E-state index in [-0.39, 0.29) is 40.0 Å². The first-order chi connectivity index (χ1) is 15.6. The van der Waals surface area contributed by atoms with Crippen molar-refractivity contribution in [1.82, 2.24) is 0 Å². The fraction of sp³-hybridized carbons (Fsp3) is 0.862. The molecule has 0 spiro atoms. The predicted octanol–water partition coefficient (Wildman–Crippen LogP) is 7.09. The highest BCUT2D eigenvalue weighted by molar-refractivity contribution is 6.74. The molecule has 5 heteroatoms. The third-order valence-corrected chi connectivity index (χ3v) is 15.6. The highest BCUT2D eigenvalue weighted by Crippen LogP contribution is 2.66. The third kappa shape index (κ3) is 4.17. The SMILES string of the molecule is CC(=O)O[C@H]1C[C@@H]2C(=CC[C@]3(C)[C@@H](C(C)=O)CC[C@@H]23)[C@@]2(C)CC[C@H](O[Si](C)(C)C(C)(C)C)C[C@H]12. The van der Waals surface area contributed by atoms with Crippen molar-refractivity contribution >= 4 is 20.1 Å². The number of allylic oxidation sites excluding steroid dienone is 2. The number of carbonyl (C=O) groups is 2. The molecule has 4 aliphatic carbocycles. The van der Waals surface area contributed by atoms with E-state index in [1.165, 1.54) is 0 Å². The largest absolute Gasteiger partial charge is 0.462 e. The molecule has 0 aromatic heterocycles. The van der Waals surface area contributed by atoms with Crippen LogP contribution in [0.4, 0.5) is 0 Å². The van der Waals surface area contributed by atoms with Gasteiger partial charge in [-0.25, -0.2) is 0 Å². The zero-order chi connectivity index (χ0) is 25.3. The summed E-state index contributed by atoms with van der Waals surface area (Å²) in [4.78, 5) is 24.7. The van der Waals surface area contributed by atoms with Crippen molar-refractivity contribution in [3.05, 3.63) is 11.6 Å². The first-order valence-corrected chi connectivity index (χ1v) is 16.6. The second-order valence-electron chi connectivity index (χ2n) is 14.0. The smallest absolute Gasteiger partial charge is 0.302 e. The van der Waals surface area contributed by atoms with Gasteiger partial charge < -0.3 is 9.16 Å². The number of ketones is 1. The van der Waals surface area contributed by atoms with Crippen molar-refractivity contribution in [2.75, 3.05) is 0 Å². The van der Waals surface area contributed by atoms with E-state index < -0.39 is 8.32 Å². The van der Waals surface area contributed by atoms with Gasteiger partial charge in [0.2, 0.25) is 0 Å². The Morgan fingerprint density at radius 2 is 1.71 bits per heavy atom. The van der Waals surface area contributed by atoms with E-state index in [2.05, 4.69) is 53.8 Å². The molecule has 34 heavy (non-hydrogen) atoms. The topological polar surface area (TPSA) is 52.6 Å². The molecule has 4 nitrogen and oxygen atoms in total. The molecular formula is C29H48O4Si. The quantitative estimate of drug-likeness (QED) is 0.241. The summed E-state index contributed by atoms with van der Waals surface area (Å²) < 4.78 is 13.0. The van der Waals surface area contributed by atoms with E-state index in [1.807, 2.05) is 0 Å². The third-order valence-electron chi connectivity index (χ3n) is 11.0. The Kier molecular flexibility index (Phi) is 6.59. The Balaban J connectivity index is 1.65. The average molecular weight is 489 g/mol. The minimum Gasteiger partial charge on any atom is -0.462 e. The number of fused-ring (bicyclic) bond motifs is 5. The van der Waals surface area contributed by atoms with Crippen molar-refractivity contribution in [2.24, 2.45) is 34.5 Å². The average Bonchev–Trinajstić information content (AvgIpc) is 3.05. The van der Waals surface area contributed by atoms with Gasteiger partial charge >= 0.3 is 5.97 Å². The fourth-order valence-corrected chi connectivity index (χ4v) is 9.62. The lowest BCUT2D eigenvalue weighted by Gasteiger charge is -2.59. The maximum atomic E-state index is 12.5. The molecule has 4 aliphatic rings. The zero-order valence-electron chi connectivity index (χ0n) is 23.1. The first-order valence-electron chi connectivity index (χ1n) is 13.7. The van der Waals surface area contributed by atoms with Gasteiger partial charge in [0, 0.05) is 24.9 Å². The molecule has 0 aromatic rings. The van der Waals surface area contributed by atoms with Gasteiger partial charge in [0.1, 0.15) is 11.9 Å². The Hall–Kier alpha value is -0.943. The molecule has 0 N–H and O–H groups in total. The molecule has 0 aromatic carbocycles. The molecule has 0 aliphatic heterocycles. The highest BCUT2D eigenvalue weighted by Gasteiger charge is 2.61. The molecule has 0 heterocycles. The summed E-state index contributed by atoms with van der Waals surface area (Å²) in [5, 5.41) is 0.187. The van der Waals surface area contributed by atoms with Gasteiger partial charge in [-0.2, -0.15) is 0 Å². The zero-order valence-corrected chi connectivity index (χ0v) is 24.1. The van der Waals surface area contributed by atoms with Crippen LogP contribution in [0.1, 0.15) is 93.4 Å². The lowest BCUT2D eigenvalue weighted by Crippen LogP contribution is -2.56. The predicted molar refractivity (Wildman–Crippen MR) is 139 cm³/mol. The molecular weight excluding hydrogens is 440 g/mol. The van der Waals surface area contributed by atoms with Gasteiger partial charge in [-0.15, -0.1) is 0 Å². The Morgan fingerprint density at radius 3 is 2.29 bits per heavy atom. The van der Waals surface area contributed by atoms with Crippen LogP contribution in [0.25, 0.3) is 0 Å². The number of hydrogen-bond acceptors (Lipinski definition) is 4. The van der Waals surface area contributed by atoms with Crippen LogP contribution in [-0.4, -0.2) is 32.3 Å². The van der Waals surface area contributed by atoms with E-state index in [4.69, 9.17) is 9.16 Å². The number of carbonyl (C=O) groups excluding carboxylic acids is 2. The number of rotatable bonds is 4. The van der Waals surface area contributed by atoms with Crippen molar-refractivity contribution < 1.29 is 18.8 Å². The molecule has 4 rings (SSSR count). The van der Waals surface area contributed by atoms with Crippen molar-refractivity contribution in [3.63, 3.8) is 0 Å². The molecule has 8 atom stereocenters. The Morgan fingerprint density at radius 1 is 1.03 bits per heavy atom. The second-order valence-corrected chi connectivity index (χ2v) is 18.8. The van der Waals surface area contributed by atoms with Gasteiger partial charge in [0.15, 0.2) is 8.32 Å².